The summed E-state index contributed by atoms with van der Waals surface area (Å²) in [5.74, 6) is 0. The van der Waals surface area contributed by atoms with Gasteiger partial charge in [0.1, 0.15) is 0 Å². The Balaban J connectivity index is 2.12. The molecule has 0 heterocycles. The second kappa shape index (κ2) is 11.6. The number of hydrogen-bond acceptors (Lipinski definition) is 2. The molecule has 0 saturated heterocycles. The maximum absolute atomic E-state index is 6.08. The van der Waals surface area contributed by atoms with Gasteiger partial charge in [-0.1, -0.05) is 84.7 Å². The van der Waals surface area contributed by atoms with Gasteiger partial charge >= 0.3 is 0 Å². The Morgan fingerprint density at radius 1 is 0.889 bits per heavy atom. The van der Waals surface area contributed by atoms with Crippen molar-refractivity contribution in [3.8, 4) is 0 Å². The third-order valence-electron chi connectivity index (χ3n) is 3.95. The van der Waals surface area contributed by atoms with Crippen molar-refractivity contribution < 1.29 is 0 Å². The Kier molecular flexibility index (Phi) is 9.50. The molecule has 0 amide bonds. The summed E-state index contributed by atoms with van der Waals surface area (Å²) in [6.45, 7) is 2.20. The van der Waals surface area contributed by atoms with E-state index in [4.69, 9.17) is 46.4 Å². The normalized spacial score (nSPS) is 12.0. The highest BCUT2D eigenvalue weighted by Crippen LogP contribution is 2.25. The lowest BCUT2D eigenvalue weighted by molar-refractivity contribution is 0.683. The maximum Gasteiger partial charge on any atom is 0.0613 e. The summed E-state index contributed by atoms with van der Waals surface area (Å²) >= 11 is 24.1. The molecule has 0 aliphatic heterocycles. The number of nitrogens with zero attached hydrogens (tertiary/aromatic N) is 1. The van der Waals surface area contributed by atoms with E-state index in [0.717, 1.165) is 29.8 Å². The first-order valence-electron chi connectivity index (χ1n) is 8.90. The number of benzene rings is 2. The molecule has 2 nitrogen and oxygen atoms in total. The average molecular weight is 444 g/mol. The highest BCUT2D eigenvalue weighted by Gasteiger charge is 2.01. The predicted octanol–water partition coefficient (Wildman–Crippen LogP) is 8.75. The third kappa shape index (κ3) is 7.75. The molecule has 27 heavy (non-hydrogen) atoms. The largest absolute Gasteiger partial charge is 0.278 e. The van der Waals surface area contributed by atoms with Crippen LogP contribution in [-0.2, 0) is 0 Å². The highest BCUT2D eigenvalue weighted by molar-refractivity contribution is 6.42. The predicted molar refractivity (Wildman–Crippen MR) is 122 cm³/mol. The van der Waals surface area contributed by atoms with Crippen molar-refractivity contribution in [2.45, 2.75) is 39.0 Å². The van der Waals surface area contributed by atoms with Crippen molar-refractivity contribution in [2.24, 2.45) is 5.10 Å². The molecule has 0 aliphatic rings. The number of hydrogen-bond donors (Lipinski definition) is 1. The zero-order valence-corrected chi connectivity index (χ0v) is 18.1. The minimum absolute atomic E-state index is 0.493. The number of rotatable bonds is 9. The van der Waals surface area contributed by atoms with Crippen LogP contribution in [0.4, 0.5) is 5.69 Å². The number of anilines is 1. The quantitative estimate of drug-likeness (QED) is 0.233. The molecule has 0 bridgehead atoms. The van der Waals surface area contributed by atoms with Gasteiger partial charge in [-0.15, -0.1) is 0 Å². The van der Waals surface area contributed by atoms with Gasteiger partial charge in [0, 0.05) is 0 Å². The second-order valence-electron chi connectivity index (χ2n) is 6.16. The Bertz CT molecular complexity index is 816. The molecule has 144 valence electrons. The van der Waals surface area contributed by atoms with Crippen molar-refractivity contribution in [3.05, 3.63) is 68.1 Å². The van der Waals surface area contributed by atoms with Gasteiger partial charge in [-0.05, 0) is 54.8 Å². The van der Waals surface area contributed by atoms with E-state index in [0.29, 0.717) is 20.1 Å². The van der Waals surface area contributed by atoms with Gasteiger partial charge < -0.3 is 0 Å². The van der Waals surface area contributed by atoms with E-state index < -0.39 is 0 Å². The number of unbranched alkanes of at least 4 members (excludes halogenated alkanes) is 3. The third-order valence-corrected chi connectivity index (χ3v) is 5.42. The average Bonchev–Trinajstić information content (AvgIpc) is 2.65. The van der Waals surface area contributed by atoms with Crippen LogP contribution in [0.3, 0.4) is 0 Å². The summed E-state index contributed by atoms with van der Waals surface area (Å²) in [5, 5.41) is 6.63. The maximum atomic E-state index is 6.08. The fraction of sp³-hybridized carbons (Fsp3) is 0.286. The number of hydrazone groups is 1. The zero-order valence-electron chi connectivity index (χ0n) is 15.1. The van der Waals surface area contributed by atoms with Gasteiger partial charge in [0.25, 0.3) is 0 Å². The number of allylic oxidation sites excluding steroid dienone is 1. The molecule has 2 aromatic rings. The molecule has 2 rings (SSSR count). The Hall–Kier alpha value is -1.19. The molecular formula is C21H22Cl4N2. The molecule has 0 aliphatic carbocycles. The van der Waals surface area contributed by atoms with E-state index in [1.54, 1.807) is 18.2 Å². The van der Waals surface area contributed by atoms with E-state index >= 15 is 0 Å². The summed E-state index contributed by atoms with van der Waals surface area (Å²) in [6, 6.07) is 10.9. The van der Waals surface area contributed by atoms with E-state index in [9.17, 15) is 0 Å². The van der Waals surface area contributed by atoms with Crippen molar-refractivity contribution in [2.75, 3.05) is 5.43 Å². The lowest BCUT2D eigenvalue weighted by Crippen LogP contribution is -2.00. The number of nitrogens with one attached hydrogen (secondary N) is 1. The molecule has 6 heteroatoms. The first-order chi connectivity index (χ1) is 13.0. The summed E-state index contributed by atoms with van der Waals surface area (Å²) in [4.78, 5) is 0. The van der Waals surface area contributed by atoms with Crippen LogP contribution in [0.1, 0.15) is 44.6 Å². The molecular weight excluding hydrogens is 422 g/mol. The van der Waals surface area contributed by atoms with Crippen LogP contribution in [0.15, 0.2) is 47.6 Å². The van der Waals surface area contributed by atoms with E-state index in [1.807, 2.05) is 30.4 Å². The molecule has 1 N–H and O–H groups in total. The van der Waals surface area contributed by atoms with Crippen LogP contribution in [0.5, 0.6) is 0 Å². The summed E-state index contributed by atoms with van der Waals surface area (Å²) < 4.78 is 0. The molecule has 2 aromatic carbocycles. The minimum atomic E-state index is 0.493. The number of halogens is 4. The van der Waals surface area contributed by atoms with Crippen LogP contribution in [0.2, 0.25) is 20.1 Å². The molecule has 0 unspecified atom stereocenters. The topological polar surface area (TPSA) is 24.4 Å². The molecule has 0 atom stereocenters. The Morgan fingerprint density at radius 2 is 1.59 bits per heavy atom. The van der Waals surface area contributed by atoms with Crippen LogP contribution in [0.25, 0.3) is 6.08 Å². The first kappa shape index (κ1) is 22.1. The molecule has 0 spiro atoms. The van der Waals surface area contributed by atoms with Gasteiger partial charge in [-0.25, -0.2) is 0 Å². The van der Waals surface area contributed by atoms with Crippen molar-refractivity contribution in [1.29, 1.82) is 0 Å². The van der Waals surface area contributed by atoms with E-state index in [-0.39, 0.29) is 0 Å². The van der Waals surface area contributed by atoms with Gasteiger partial charge in [0.2, 0.25) is 0 Å². The van der Waals surface area contributed by atoms with Crippen LogP contribution >= 0.6 is 46.4 Å². The smallest absolute Gasteiger partial charge is 0.0613 e. The fourth-order valence-corrected chi connectivity index (χ4v) is 3.02. The first-order valence-corrected chi connectivity index (χ1v) is 10.4. The summed E-state index contributed by atoms with van der Waals surface area (Å²) in [6.07, 6.45) is 9.56. The fourth-order valence-electron chi connectivity index (χ4n) is 2.42. The van der Waals surface area contributed by atoms with E-state index in [1.165, 1.54) is 19.3 Å². The lowest BCUT2D eigenvalue weighted by atomic mass is 10.1. The summed E-state index contributed by atoms with van der Waals surface area (Å²) in [5.41, 5.74) is 5.77. The van der Waals surface area contributed by atoms with Gasteiger partial charge in [-0.2, -0.15) is 5.10 Å². The van der Waals surface area contributed by atoms with Crippen LogP contribution in [-0.4, -0.2) is 5.71 Å². The SMILES string of the molecule is CCCCCC/C(C=Cc1ccc(Cl)c(Cl)c1)=N\Nc1ccc(Cl)c(Cl)c1. The minimum Gasteiger partial charge on any atom is -0.278 e. The zero-order chi connectivity index (χ0) is 19.6. The monoisotopic (exact) mass is 442 g/mol. The Morgan fingerprint density at radius 3 is 2.26 bits per heavy atom. The molecule has 0 radical (unpaired) electrons. The Labute approximate surface area is 181 Å². The standard InChI is InChI=1S/C21H22Cl4N2/c1-2-3-4-5-6-16(9-7-15-8-11-18(22)20(24)13-15)26-27-17-10-12-19(23)21(25)14-17/h7-14,27H,2-6H2,1H3/b9-7?,26-16+. The van der Waals surface area contributed by atoms with Gasteiger partial charge in [0.05, 0.1) is 31.5 Å². The van der Waals surface area contributed by atoms with Gasteiger partial charge in [0.15, 0.2) is 0 Å². The molecule has 0 aromatic heterocycles. The van der Waals surface area contributed by atoms with Gasteiger partial charge in [-0.3, -0.25) is 5.43 Å². The van der Waals surface area contributed by atoms with Crippen molar-refractivity contribution in [1.82, 2.24) is 0 Å². The molecule has 0 saturated carbocycles. The lowest BCUT2D eigenvalue weighted by Gasteiger charge is -2.06. The van der Waals surface area contributed by atoms with Crippen LogP contribution < -0.4 is 5.43 Å². The molecule has 0 fully saturated rings. The van der Waals surface area contributed by atoms with Crippen molar-refractivity contribution >= 4 is 63.9 Å². The highest BCUT2D eigenvalue weighted by atomic mass is 35.5. The summed E-state index contributed by atoms with van der Waals surface area (Å²) in [7, 11) is 0. The van der Waals surface area contributed by atoms with Crippen LogP contribution in [0, 0.1) is 0 Å². The van der Waals surface area contributed by atoms with E-state index in [2.05, 4.69) is 17.5 Å². The second-order valence-corrected chi connectivity index (χ2v) is 7.79. The van der Waals surface area contributed by atoms with Crippen molar-refractivity contribution in [3.63, 3.8) is 0 Å².